The summed E-state index contributed by atoms with van der Waals surface area (Å²) in [6.45, 7) is 6.11. The molecular weight excluding hydrogens is 406 g/mol. The van der Waals surface area contributed by atoms with E-state index in [-0.39, 0.29) is 11.8 Å². The number of benzene rings is 1. The number of carbonyl (C=O) groups is 2. The molecule has 1 fully saturated rings. The van der Waals surface area contributed by atoms with Crippen molar-refractivity contribution < 1.29 is 14.0 Å². The van der Waals surface area contributed by atoms with Crippen molar-refractivity contribution >= 4 is 28.4 Å². The lowest BCUT2D eigenvalue weighted by atomic mass is 10.1. The molecule has 4 heterocycles. The van der Waals surface area contributed by atoms with Crippen molar-refractivity contribution in [3.8, 4) is 0 Å². The standard InChI is InChI=1S/C24H25N5O3/c1-16-18(17(2)29-23(25-16)19-6-3-4-7-20(19)26-29)9-10-22(30)27-11-13-28(14-12-27)24(31)21-8-5-15-32-21/h3-8,15H,9-14H2,1-2H3. The van der Waals surface area contributed by atoms with Crippen molar-refractivity contribution in [2.45, 2.75) is 26.7 Å². The van der Waals surface area contributed by atoms with Crippen LogP contribution >= 0.6 is 0 Å². The number of hydrogen-bond donors (Lipinski definition) is 0. The Kier molecular flexibility index (Phi) is 5.13. The van der Waals surface area contributed by atoms with Crippen LogP contribution in [-0.4, -0.2) is 62.4 Å². The van der Waals surface area contributed by atoms with Gasteiger partial charge in [-0.2, -0.15) is 5.10 Å². The highest BCUT2D eigenvalue weighted by Crippen LogP contribution is 2.23. The molecule has 1 aliphatic rings. The number of amides is 2. The summed E-state index contributed by atoms with van der Waals surface area (Å²) in [5.41, 5.74) is 4.78. The fourth-order valence-electron chi connectivity index (χ4n) is 4.44. The van der Waals surface area contributed by atoms with Gasteiger partial charge < -0.3 is 14.2 Å². The van der Waals surface area contributed by atoms with Crippen LogP contribution < -0.4 is 0 Å². The molecule has 1 saturated heterocycles. The summed E-state index contributed by atoms with van der Waals surface area (Å²) >= 11 is 0. The first kappa shape index (κ1) is 20.2. The molecule has 32 heavy (non-hydrogen) atoms. The van der Waals surface area contributed by atoms with E-state index in [1.165, 1.54) is 6.26 Å². The monoisotopic (exact) mass is 431 g/mol. The van der Waals surface area contributed by atoms with Crippen molar-refractivity contribution in [2.75, 3.05) is 26.2 Å². The van der Waals surface area contributed by atoms with Crippen molar-refractivity contribution in [1.82, 2.24) is 24.4 Å². The third kappa shape index (κ3) is 3.51. The lowest BCUT2D eigenvalue weighted by molar-refractivity contribution is -0.132. The first-order chi connectivity index (χ1) is 15.5. The van der Waals surface area contributed by atoms with Crippen molar-refractivity contribution in [1.29, 1.82) is 0 Å². The molecule has 164 valence electrons. The van der Waals surface area contributed by atoms with Gasteiger partial charge in [-0.15, -0.1) is 0 Å². The van der Waals surface area contributed by atoms with E-state index in [1.54, 1.807) is 17.0 Å². The van der Waals surface area contributed by atoms with Crippen LogP contribution in [0.5, 0.6) is 0 Å². The molecule has 1 aromatic carbocycles. The summed E-state index contributed by atoms with van der Waals surface area (Å²) in [5.74, 6) is 0.309. The number of aryl methyl sites for hydroxylation is 2. The average molecular weight is 431 g/mol. The predicted octanol–water partition coefficient (Wildman–Crippen LogP) is 3.01. The summed E-state index contributed by atoms with van der Waals surface area (Å²) in [6.07, 6.45) is 2.51. The quantitative estimate of drug-likeness (QED) is 0.496. The zero-order valence-electron chi connectivity index (χ0n) is 18.2. The summed E-state index contributed by atoms with van der Waals surface area (Å²) in [6, 6.07) is 11.3. The Labute approximate surface area is 185 Å². The Bertz CT molecular complexity index is 1300. The number of aromatic nitrogens is 3. The fraction of sp³-hybridized carbons (Fsp3) is 0.333. The highest BCUT2D eigenvalue weighted by molar-refractivity contribution is 5.92. The largest absolute Gasteiger partial charge is 0.459 e. The molecule has 1 aliphatic heterocycles. The Hall–Kier alpha value is -3.68. The van der Waals surface area contributed by atoms with E-state index in [0.29, 0.717) is 44.8 Å². The van der Waals surface area contributed by atoms with E-state index in [2.05, 4.69) is 0 Å². The lowest BCUT2D eigenvalue weighted by Gasteiger charge is -2.34. The van der Waals surface area contributed by atoms with Crippen molar-refractivity contribution in [3.05, 3.63) is 65.4 Å². The second-order valence-corrected chi connectivity index (χ2v) is 8.16. The van der Waals surface area contributed by atoms with Crippen molar-refractivity contribution in [2.24, 2.45) is 0 Å². The second-order valence-electron chi connectivity index (χ2n) is 8.16. The van der Waals surface area contributed by atoms with Crippen LogP contribution in [0.15, 0.2) is 47.1 Å². The van der Waals surface area contributed by atoms with E-state index >= 15 is 0 Å². The zero-order valence-corrected chi connectivity index (χ0v) is 18.2. The first-order valence-electron chi connectivity index (χ1n) is 10.9. The molecule has 0 bridgehead atoms. The Morgan fingerprint density at radius 3 is 2.50 bits per heavy atom. The molecule has 8 nitrogen and oxygen atoms in total. The number of furan rings is 1. The van der Waals surface area contributed by atoms with E-state index in [0.717, 1.165) is 33.5 Å². The van der Waals surface area contributed by atoms with Crippen LogP contribution in [0.1, 0.15) is 33.9 Å². The maximum Gasteiger partial charge on any atom is 0.289 e. The predicted molar refractivity (Wildman–Crippen MR) is 119 cm³/mol. The van der Waals surface area contributed by atoms with Gasteiger partial charge >= 0.3 is 0 Å². The minimum atomic E-state index is -0.126. The molecule has 0 atom stereocenters. The highest BCUT2D eigenvalue weighted by Gasteiger charge is 2.26. The number of piperazine rings is 1. The average Bonchev–Trinajstić information content (AvgIpc) is 3.47. The molecule has 5 rings (SSSR count). The van der Waals surface area contributed by atoms with Gasteiger partial charge in [0, 0.05) is 49.4 Å². The SMILES string of the molecule is Cc1nc2c3ccccc3nn2c(C)c1CCC(=O)N1CCN(C(=O)c2ccco2)CC1. The van der Waals surface area contributed by atoms with Gasteiger partial charge in [-0.05, 0) is 50.1 Å². The van der Waals surface area contributed by atoms with Crippen LogP contribution in [0.3, 0.4) is 0 Å². The van der Waals surface area contributed by atoms with Gasteiger partial charge in [-0.3, -0.25) is 9.59 Å². The highest BCUT2D eigenvalue weighted by atomic mass is 16.3. The molecule has 3 aromatic heterocycles. The number of nitrogens with zero attached hydrogens (tertiary/aromatic N) is 5. The van der Waals surface area contributed by atoms with E-state index in [9.17, 15) is 9.59 Å². The Balaban J connectivity index is 1.25. The van der Waals surface area contributed by atoms with Gasteiger partial charge in [-0.25, -0.2) is 9.50 Å². The minimum Gasteiger partial charge on any atom is -0.459 e. The maximum absolute atomic E-state index is 12.9. The fourth-order valence-corrected chi connectivity index (χ4v) is 4.44. The third-order valence-corrected chi connectivity index (χ3v) is 6.26. The van der Waals surface area contributed by atoms with Gasteiger partial charge in [0.25, 0.3) is 5.91 Å². The summed E-state index contributed by atoms with van der Waals surface area (Å²) in [7, 11) is 0. The number of carbonyl (C=O) groups excluding carboxylic acids is 2. The molecule has 0 N–H and O–H groups in total. The van der Waals surface area contributed by atoms with Crippen LogP contribution in [0.2, 0.25) is 0 Å². The molecule has 4 aromatic rings. The number of hydrogen-bond acceptors (Lipinski definition) is 5. The topological polar surface area (TPSA) is 84.0 Å². The number of fused-ring (bicyclic) bond motifs is 3. The molecule has 0 radical (unpaired) electrons. The molecular formula is C24H25N5O3. The van der Waals surface area contributed by atoms with Crippen LogP contribution in [0.4, 0.5) is 0 Å². The Morgan fingerprint density at radius 2 is 1.75 bits per heavy atom. The van der Waals surface area contributed by atoms with E-state index < -0.39 is 0 Å². The lowest BCUT2D eigenvalue weighted by Crippen LogP contribution is -2.50. The normalized spacial score (nSPS) is 14.4. The molecule has 2 amide bonds. The van der Waals surface area contributed by atoms with E-state index in [1.807, 2.05) is 47.5 Å². The maximum atomic E-state index is 12.9. The second kappa shape index (κ2) is 8.11. The summed E-state index contributed by atoms with van der Waals surface area (Å²) < 4.78 is 7.08. The number of rotatable bonds is 4. The van der Waals surface area contributed by atoms with Gasteiger partial charge in [0.05, 0.1) is 11.8 Å². The first-order valence-corrected chi connectivity index (χ1v) is 10.9. The third-order valence-electron chi connectivity index (χ3n) is 6.26. The Morgan fingerprint density at radius 1 is 1.00 bits per heavy atom. The molecule has 0 saturated carbocycles. The molecule has 0 unspecified atom stereocenters. The van der Waals surface area contributed by atoms with Crippen LogP contribution in [0, 0.1) is 13.8 Å². The molecule has 8 heteroatoms. The smallest absolute Gasteiger partial charge is 0.289 e. The van der Waals surface area contributed by atoms with Gasteiger partial charge in [-0.1, -0.05) is 12.1 Å². The van der Waals surface area contributed by atoms with Crippen LogP contribution in [0.25, 0.3) is 16.6 Å². The van der Waals surface area contributed by atoms with Crippen LogP contribution in [-0.2, 0) is 11.2 Å². The van der Waals surface area contributed by atoms with Crippen molar-refractivity contribution in [3.63, 3.8) is 0 Å². The summed E-state index contributed by atoms with van der Waals surface area (Å²) in [4.78, 5) is 33.6. The van der Waals surface area contributed by atoms with Gasteiger partial charge in [0.15, 0.2) is 11.4 Å². The zero-order chi connectivity index (χ0) is 22.2. The molecule has 0 aliphatic carbocycles. The minimum absolute atomic E-state index is 0.0969. The van der Waals surface area contributed by atoms with Gasteiger partial charge in [0.1, 0.15) is 0 Å². The molecule has 0 spiro atoms. The van der Waals surface area contributed by atoms with E-state index in [4.69, 9.17) is 14.5 Å². The summed E-state index contributed by atoms with van der Waals surface area (Å²) in [5, 5.41) is 5.72. The van der Waals surface area contributed by atoms with Gasteiger partial charge in [0.2, 0.25) is 5.91 Å².